The number of likely N-dealkylation sites (N-methyl/N-ethyl adjacent to an activating group) is 1. The highest BCUT2D eigenvalue weighted by Gasteiger charge is 2.39. The number of nitrogens with one attached hydrogen (secondary N) is 3. The van der Waals surface area contributed by atoms with E-state index in [1.165, 1.54) is 32.1 Å². The van der Waals surface area contributed by atoms with Crippen molar-refractivity contribution >= 4 is 23.2 Å². The first-order chi connectivity index (χ1) is 14.9. The van der Waals surface area contributed by atoms with Crippen LogP contribution in [0.2, 0.25) is 0 Å². The van der Waals surface area contributed by atoms with Crippen LogP contribution in [0.15, 0.2) is 0 Å². The van der Waals surface area contributed by atoms with Gasteiger partial charge in [-0.15, -0.1) is 0 Å². The number of nitrogens with zero attached hydrogens (tertiary/aromatic N) is 4. The molecule has 2 fully saturated rings. The van der Waals surface area contributed by atoms with Crippen LogP contribution in [0.1, 0.15) is 58.2 Å². The Morgan fingerprint density at radius 3 is 2.52 bits per heavy atom. The number of aromatic nitrogens is 2. The number of anilines is 3. The molecular weight excluding hydrogens is 390 g/mol. The summed E-state index contributed by atoms with van der Waals surface area (Å²) in [6.07, 6.45) is 7.11. The third-order valence-electron chi connectivity index (χ3n) is 7.15. The topological polar surface area (TPSA) is 85.4 Å². The molecule has 1 saturated carbocycles. The van der Waals surface area contributed by atoms with E-state index >= 15 is 0 Å². The highest BCUT2D eigenvalue weighted by Crippen LogP contribution is 2.37. The number of carbonyl (C=O) groups is 1. The summed E-state index contributed by atoms with van der Waals surface area (Å²) in [4.78, 5) is 27.1. The summed E-state index contributed by atoms with van der Waals surface area (Å²) < 4.78 is 0. The lowest BCUT2D eigenvalue weighted by molar-refractivity contribution is -0.117. The van der Waals surface area contributed by atoms with Crippen LogP contribution in [-0.2, 0) is 4.79 Å². The van der Waals surface area contributed by atoms with Crippen LogP contribution < -0.4 is 16.0 Å². The Kier molecular flexibility index (Phi) is 6.67. The van der Waals surface area contributed by atoms with Gasteiger partial charge in [-0.25, -0.2) is 9.97 Å². The van der Waals surface area contributed by atoms with E-state index < -0.39 is 0 Å². The number of carbonyl (C=O) groups excluding carboxylic acids is 1. The molecule has 0 aromatic carbocycles. The minimum atomic E-state index is -0.246. The summed E-state index contributed by atoms with van der Waals surface area (Å²) in [6, 6.07) is -0.246. The van der Waals surface area contributed by atoms with Crippen molar-refractivity contribution in [3.63, 3.8) is 0 Å². The van der Waals surface area contributed by atoms with E-state index in [2.05, 4.69) is 56.6 Å². The van der Waals surface area contributed by atoms with Gasteiger partial charge in [-0.05, 0) is 39.2 Å². The largest absolute Gasteiger partial charge is 0.366 e. The molecule has 3 N–H and O–H groups in total. The molecule has 1 aromatic rings. The SMILES string of the molecule is Cc1nc(NCC2(N3CCN(C)CC3)CCCCC2)c2c(n1)NC(CC(C)C)C(=O)N2. The molecule has 31 heavy (non-hydrogen) atoms. The zero-order chi connectivity index (χ0) is 22.0. The van der Waals surface area contributed by atoms with Crippen molar-refractivity contribution in [2.75, 3.05) is 55.7 Å². The highest BCUT2D eigenvalue weighted by atomic mass is 16.2. The minimum absolute atomic E-state index is 0.00292. The number of piperazine rings is 1. The Balaban J connectivity index is 1.53. The normalized spacial score (nSPS) is 24.4. The number of amides is 1. The molecule has 8 nitrogen and oxygen atoms in total. The van der Waals surface area contributed by atoms with Gasteiger partial charge in [0.25, 0.3) is 0 Å². The number of aryl methyl sites for hydroxylation is 1. The molecule has 3 aliphatic rings. The van der Waals surface area contributed by atoms with Gasteiger partial charge in [-0.1, -0.05) is 33.1 Å². The molecule has 0 bridgehead atoms. The lowest BCUT2D eigenvalue weighted by atomic mass is 9.79. The zero-order valence-corrected chi connectivity index (χ0v) is 19.6. The Labute approximate surface area is 186 Å². The highest BCUT2D eigenvalue weighted by molar-refractivity contribution is 6.04. The summed E-state index contributed by atoms with van der Waals surface area (Å²) in [7, 11) is 2.21. The Hall–Kier alpha value is -1.93. The van der Waals surface area contributed by atoms with Gasteiger partial charge in [0.1, 0.15) is 17.6 Å². The molecule has 1 aromatic heterocycles. The predicted molar refractivity (Wildman–Crippen MR) is 126 cm³/mol. The van der Waals surface area contributed by atoms with E-state index in [1.807, 2.05) is 6.92 Å². The van der Waals surface area contributed by atoms with E-state index in [4.69, 9.17) is 0 Å². The average Bonchev–Trinajstić information content (AvgIpc) is 2.74. The van der Waals surface area contributed by atoms with E-state index in [-0.39, 0.29) is 17.5 Å². The van der Waals surface area contributed by atoms with Crippen LogP contribution in [0.4, 0.5) is 17.3 Å². The molecule has 1 amide bonds. The van der Waals surface area contributed by atoms with E-state index in [0.29, 0.717) is 17.4 Å². The quantitative estimate of drug-likeness (QED) is 0.641. The minimum Gasteiger partial charge on any atom is -0.366 e. The Bertz CT molecular complexity index is 782. The van der Waals surface area contributed by atoms with Crippen LogP contribution in [0.5, 0.6) is 0 Å². The monoisotopic (exact) mass is 429 g/mol. The molecule has 2 aliphatic heterocycles. The molecule has 0 radical (unpaired) electrons. The second-order valence-corrected chi connectivity index (χ2v) is 10.1. The maximum atomic E-state index is 12.7. The summed E-state index contributed by atoms with van der Waals surface area (Å²) in [5.41, 5.74) is 0.859. The van der Waals surface area contributed by atoms with Crippen molar-refractivity contribution in [2.24, 2.45) is 5.92 Å². The molecule has 1 saturated heterocycles. The van der Waals surface area contributed by atoms with Gasteiger partial charge in [0.15, 0.2) is 11.6 Å². The summed E-state index contributed by atoms with van der Waals surface area (Å²) in [6.45, 7) is 11.5. The van der Waals surface area contributed by atoms with Crippen molar-refractivity contribution in [1.29, 1.82) is 0 Å². The maximum Gasteiger partial charge on any atom is 0.247 e. The first-order valence-electron chi connectivity index (χ1n) is 12.0. The average molecular weight is 430 g/mol. The second-order valence-electron chi connectivity index (χ2n) is 10.1. The Morgan fingerprint density at radius 2 is 1.84 bits per heavy atom. The predicted octanol–water partition coefficient (Wildman–Crippen LogP) is 2.93. The molecule has 1 atom stereocenters. The first kappa shape index (κ1) is 22.3. The fourth-order valence-corrected chi connectivity index (χ4v) is 5.35. The third kappa shape index (κ3) is 4.95. The third-order valence-corrected chi connectivity index (χ3v) is 7.15. The number of hydrogen-bond acceptors (Lipinski definition) is 7. The van der Waals surface area contributed by atoms with E-state index in [1.54, 1.807) is 0 Å². The van der Waals surface area contributed by atoms with Crippen LogP contribution in [0.25, 0.3) is 0 Å². The van der Waals surface area contributed by atoms with Gasteiger partial charge in [0.2, 0.25) is 5.91 Å². The zero-order valence-electron chi connectivity index (χ0n) is 19.6. The van der Waals surface area contributed by atoms with Gasteiger partial charge in [0.05, 0.1) is 0 Å². The van der Waals surface area contributed by atoms with Gasteiger partial charge < -0.3 is 20.9 Å². The number of rotatable bonds is 6. The van der Waals surface area contributed by atoms with Crippen LogP contribution in [0.3, 0.4) is 0 Å². The van der Waals surface area contributed by atoms with Crippen molar-refractivity contribution in [3.8, 4) is 0 Å². The van der Waals surface area contributed by atoms with Crippen molar-refractivity contribution < 1.29 is 4.79 Å². The van der Waals surface area contributed by atoms with Gasteiger partial charge in [-0.2, -0.15) is 0 Å². The molecule has 1 unspecified atom stereocenters. The maximum absolute atomic E-state index is 12.7. The number of fused-ring (bicyclic) bond motifs is 1. The molecule has 172 valence electrons. The summed E-state index contributed by atoms with van der Waals surface area (Å²) in [5.74, 6) is 2.62. The first-order valence-corrected chi connectivity index (χ1v) is 12.0. The van der Waals surface area contributed by atoms with Gasteiger partial charge in [0, 0.05) is 38.3 Å². The smallest absolute Gasteiger partial charge is 0.247 e. The van der Waals surface area contributed by atoms with Crippen LogP contribution >= 0.6 is 0 Å². The summed E-state index contributed by atoms with van der Waals surface area (Å²) in [5, 5.41) is 10.1. The van der Waals surface area contributed by atoms with Crippen LogP contribution in [0, 0.1) is 12.8 Å². The number of hydrogen-bond donors (Lipinski definition) is 3. The molecular formula is C23H39N7O. The van der Waals surface area contributed by atoms with Crippen molar-refractivity contribution in [3.05, 3.63) is 5.82 Å². The molecule has 1 aliphatic carbocycles. The molecule has 0 spiro atoms. The Morgan fingerprint density at radius 1 is 1.13 bits per heavy atom. The molecule has 8 heteroatoms. The summed E-state index contributed by atoms with van der Waals surface area (Å²) >= 11 is 0. The second kappa shape index (κ2) is 9.28. The van der Waals surface area contributed by atoms with Gasteiger partial charge in [-0.3, -0.25) is 9.69 Å². The standard InChI is InChI=1S/C23H39N7O/c1-16(2)14-18-22(31)28-19-20(25-17(3)26-21(19)27-18)24-15-23(8-6-5-7-9-23)30-12-10-29(4)11-13-30/h16,18H,5-15H2,1-4H3,(H,28,31)(H2,24,25,26,27). The fourth-order valence-electron chi connectivity index (χ4n) is 5.35. The van der Waals surface area contributed by atoms with E-state index in [0.717, 1.165) is 50.8 Å². The lowest BCUT2D eigenvalue weighted by Gasteiger charge is -2.49. The molecule has 4 rings (SSSR count). The van der Waals surface area contributed by atoms with Crippen LogP contribution in [-0.4, -0.2) is 77.0 Å². The van der Waals surface area contributed by atoms with Gasteiger partial charge >= 0.3 is 0 Å². The fraction of sp³-hybridized carbons (Fsp3) is 0.783. The molecule has 3 heterocycles. The van der Waals surface area contributed by atoms with E-state index in [9.17, 15) is 4.79 Å². The van der Waals surface area contributed by atoms with Crippen molar-refractivity contribution in [2.45, 2.75) is 70.9 Å². The lowest BCUT2D eigenvalue weighted by Crippen LogP contribution is -2.60. The van der Waals surface area contributed by atoms with Crippen molar-refractivity contribution in [1.82, 2.24) is 19.8 Å².